The molecular formula is C35H39Cl6F6N3O. The Hall–Kier alpha value is -0.850. The topological polar surface area (TPSA) is 26.8 Å². The van der Waals surface area contributed by atoms with Gasteiger partial charge in [-0.2, -0.15) is 26.3 Å². The molecule has 0 spiro atoms. The van der Waals surface area contributed by atoms with Gasteiger partial charge >= 0.3 is 12.4 Å². The predicted octanol–water partition coefficient (Wildman–Crippen LogP) is 10.8. The molecule has 2 aliphatic heterocycles. The van der Waals surface area contributed by atoms with Gasteiger partial charge in [-0.1, -0.05) is 107 Å². The Kier molecular flexibility index (Phi) is 13.0. The molecular weight excluding hydrogens is 805 g/mol. The molecule has 2 saturated heterocycles. The molecule has 16 heteroatoms. The summed E-state index contributed by atoms with van der Waals surface area (Å²) in [5, 5.41) is 0. The average Bonchev–Trinajstić information content (AvgIpc) is 3.06. The van der Waals surface area contributed by atoms with Crippen molar-refractivity contribution in [3.8, 4) is 0 Å². The van der Waals surface area contributed by atoms with Crippen molar-refractivity contribution in [1.29, 1.82) is 0 Å². The van der Waals surface area contributed by atoms with E-state index < -0.39 is 48.8 Å². The first-order valence-corrected chi connectivity index (χ1v) is 19.2. The van der Waals surface area contributed by atoms with Gasteiger partial charge in [-0.15, -0.1) is 0 Å². The molecule has 0 N–H and O–H groups in total. The van der Waals surface area contributed by atoms with Crippen LogP contribution in [0.1, 0.15) is 84.7 Å². The predicted molar refractivity (Wildman–Crippen MR) is 192 cm³/mol. The maximum Gasteiger partial charge on any atom is 0.416 e. The highest BCUT2D eigenvalue weighted by molar-refractivity contribution is 6.69. The molecule has 2 aromatic carbocycles. The largest absolute Gasteiger partial charge is 0.416 e. The molecule has 2 heterocycles. The number of nitrogens with zero attached hydrogens (tertiary/aromatic N) is 3. The highest BCUT2D eigenvalue weighted by Crippen LogP contribution is 2.50. The Labute approximate surface area is 324 Å². The lowest BCUT2D eigenvalue weighted by Crippen LogP contribution is -2.53. The summed E-state index contributed by atoms with van der Waals surface area (Å²) in [6.07, 6.45) is -2.73. The molecule has 4 nitrogen and oxygen atoms in total. The van der Waals surface area contributed by atoms with E-state index in [-0.39, 0.29) is 35.8 Å². The summed E-state index contributed by atoms with van der Waals surface area (Å²) in [6, 6.07) is 6.88. The van der Waals surface area contributed by atoms with Crippen LogP contribution in [0.2, 0.25) is 0 Å². The van der Waals surface area contributed by atoms with Gasteiger partial charge in [-0.05, 0) is 68.0 Å². The first-order chi connectivity index (χ1) is 23.7. The summed E-state index contributed by atoms with van der Waals surface area (Å²) >= 11 is 37.9. The normalized spacial score (nSPS) is 22.4. The lowest BCUT2D eigenvalue weighted by molar-refractivity contribution is -0.143. The lowest BCUT2D eigenvalue weighted by atomic mass is 9.71. The molecule has 1 aliphatic carbocycles. The Bertz CT molecular complexity index is 1500. The number of rotatable bonds is 7. The van der Waals surface area contributed by atoms with E-state index in [1.54, 1.807) is 18.2 Å². The zero-order valence-corrected chi connectivity index (χ0v) is 32.2. The van der Waals surface area contributed by atoms with Gasteiger partial charge in [-0.3, -0.25) is 9.69 Å². The number of halogens is 12. The van der Waals surface area contributed by atoms with E-state index in [4.69, 9.17) is 69.6 Å². The number of alkyl halides is 12. The summed E-state index contributed by atoms with van der Waals surface area (Å²) in [7, 11) is 0. The number of benzene rings is 2. The average molecular weight is 844 g/mol. The number of amides is 1. The van der Waals surface area contributed by atoms with Gasteiger partial charge in [0.15, 0.2) is 0 Å². The number of piperidine rings is 1. The Balaban J connectivity index is 1.42. The molecule has 0 bridgehead atoms. The summed E-state index contributed by atoms with van der Waals surface area (Å²) in [6.45, 7) is 4.75. The summed E-state index contributed by atoms with van der Waals surface area (Å²) in [5.74, 6) is -0.591. The quantitative estimate of drug-likeness (QED) is 0.205. The third-order valence-corrected chi connectivity index (χ3v) is 11.8. The number of carbonyl (C=O) groups is 1. The monoisotopic (exact) mass is 841 g/mol. The maximum absolute atomic E-state index is 13.7. The lowest BCUT2D eigenvalue weighted by Gasteiger charge is -2.46. The fourth-order valence-corrected chi connectivity index (χ4v) is 8.83. The fourth-order valence-electron chi connectivity index (χ4n) is 7.86. The summed E-state index contributed by atoms with van der Waals surface area (Å²) in [5.41, 5.74) is -2.99. The first kappa shape index (κ1) is 41.3. The van der Waals surface area contributed by atoms with Crippen LogP contribution in [0.5, 0.6) is 0 Å². The summed E-state index contributed by atoms with van der Waals surface area (Å²) < 4.78 is 77.5. The molecule has 0 radical (unpaired) electrons. The minimum Gasteiger partial charge on any atom is -0.342 e. The number of hydrogen-bond donors (Lipinski definition) is 0. The van der Waals surface area contributed by atoms with Crippen LogP contribution in [-0.2, 0) is 36.6 Å². The molecule has 1 atom stereocenters. The Morgan fingerprint density at radius 2 is 1.31 bits per heavy atom. The van der Waals surface area contributed by atoms with Crippen molar-refractivity contribution in [3.05, 3.63) is 69.8 Å². The third-order valence-electron chi connectivity index (χ3n) is 10.6. The van der Waals surface area contributed by atoms with Crippen molar-refractivity contribution >= 4 is 75.5 Å². The van der Waals surface area contributed by atoms with E-state index >= 15 is 0 Å². The number of hydrogen-bond acceptors (Lipinski definition) is 3. The fraction of sp³-hybridized carbons (Fsp3) is 0.629. The Morgan fingerprint density at radius 3 is 1.86 bits per heavy atom. The molecule has 1 amide bonds. The highest BCUT2D eigenvalue weighted by atomic mass is 35.6. The van der Waals surface area contributed by atoms with Crippen molar-refractivity contribution in [2.24, 2.45) is 0 Å². The Morgan fingerprint density at radius 1 is 0.725 bits per heavy atom. The summed E-state index contributed by atoms with van der Waals surface area (Å²) in [4.78, 5) is 20.2. The minimum atomic E-state index is -5.03. The second-order valence-electron chi connectivity index (χ2n) is 14.0. The smallest absolute Gasteiger partial charge is 0.342 e. The van der Waals surface area contributed by atoms with Gasteiger partial charge < -0.3 is 9.80 Å². The van der Waals surface area contributed by atoms with E-state index in [9.17, 15) is 31.1 Å². The van der Waals surface area contributed by atoms with Crippen LogP contribution in [0.3, 0.4) is 0 Å². The van der Waals surface area contributed by atoms with Gasteiger partial charge in [0.05, 0.1) is 17.5 Å². The number of piperazine rings is 1. The van der Waals surface area contributed by atoms with Gasteiger partial charge in [0.25, 0.3) is 0 Å². The van der Waals surface area contributed by atoms with Crippen LogP contribution in [0, 0.1) is 0 Å². The van der Waals surface area contributed by atoms with Crippen LogP contribution < -0.4 is 0 Å². The van der Waals surface area contributed by atoms with E-state index in [0.29, 0.717) is 44.0 Å². The SMILES string of the molecule is O=C(Cc1cc(C(F)(F)F)cc(C(F)(F)F)c1)N1CCCC(CCN2CCN(C3CCCCC3)CC2)(c2ccc(C(Cl)(Cl)Cl)c(C(Cl)(Cl)Cl)c2)C1. The zero-order chi connectivity index (χ0) is 37.4. The molecule has 1 unspecified atom stereocenters. The minimum absolute atomic E-state index is 0.0536. The molecule has 1 saturated carbocycles. The van der Waals surface area contributed by atoms with Gasteiger partial charge in [0.1, 0.15) is 0 Å². The van der Waals surface area contributed by atoms with Gasteiger partial charge in [0, 0.05) is 61.9 Å². The second kappa shape index (κ2) is 16.1. The van der Waals surface area contributed by atoms with E-state index in [1.165, 1.54) is 37.0 Å². The van der Waals surface area contributed by atoms with Crippen LogP contribution >= 0.6 is 69.6 Å². The van der Waals surface area contributed by atoms with Crippen molar-refractivity contribution in [3.63, 3.8) is 0 Å². The first-order valence-electron chi connectivity index (χ1n) is 17.0. The molecule has 3 fully saturated rings. The van der Waals surface area contributed by atoms with Gasteiger partial charge in [-0.25, -0.2) is 0 Å². The standard InChI is InChI=1S/C35H39Cl6F6N3O/c36-32(37,38)28-8-7-24(21-29(28)33(39,40)41)31(10-12-48-13-15-49(16-14-48)27-5-2-1-3-6-27)9-4-11-50(22-31)30(51)19-23-17-25(34(42,43)44)20-26(18-23)35(45,46)47/h7-8,17-18,20-21,27H,1-6,9-16,19,22H2. The highest BCUT2D eigenvalue weighted by Gasteiger charge is 2.43. The van der Waals surface area contributed by atoms with Crippen LogP contribution in [0.4, 0.5) is 26.3 Å². The van der Waals surface area contributed by atoms with E-state index in [0.717, 1.165) is 31.7 Å². The number of likely N-dealkylation sites (tertiary alicyclic amines) is 1. The molecule has 5 rings (SSSR count). The molecule has 2 aromatic rings. The molecule has 0 aromatic heterocycles. The zero-order valence-electron chi connectivity index (χ0n) is 27.6. The molecule has 284 valence electrons. The van der Waals surface area contributed by atoms with Gasteiger partial charge in [0.2, 0.25) is 13.5 Å². The van der Waals surface area contributed by atoms with Crippen molar-refractivity contribution < 1.29 is 31.1 Å². The maximum atomic E-state index is 13.7. The van der Waals surface area contributed by atoms with Crippen LogP contribution in [0.25, 0.3) is 0 Å². The van der Waals surface area contributed by atoms with Crippen molar-refractivity contribution in [2.75, 3.05) is 45.8 Å². The van der Waals surface area contributed by atoms with Crippen molar-refractivity contribution in [2.45, 2.75) is 89.2 Å². The molecule has 51 heavy (non-hydrogen) atoms. The van der Waals surface area contributed by atoms with Crippen molar-refractivity contribution in [1.82, 2.24) is 14.7 Å². The third kappa shape index (κ3) is 10.5. The van der Waals surface area contributed by atoms with Crippen LogP contribution in [0.15, 0.2) is 36.4 Å². The number of carbonyl (C=O) groups excluding carboxylic acids is 1. The van der Waals surface area contributed by atoms with E-state index in [2.05, 4.69) is 9.80 Å². The molecule has 3 aliphatic rings. The van der Waals surface area contributed by atoms with E-state index in [1.807, 2.05) is 0 Å². The second-order valence-corrected chi connectivity index (χ2v) is 18.5. The van der Waals surface area contributed by atoms with Crippen LogP contribution in [-0.4, -0.2) is 72.5 Å².